The van der Waals surface area contributed by atoms with Gasteiger partial charge in [0.2, 0.25) is 0 Å². The Bertz CT molecular complexity index is 1160. The summed E-state index contributed by atoms with van der Waals surface area (Å²) < 4.78 is 97.7. The van der Waals surface area contributed by atoms with E-state index in [2.05, 4.69) is 11.9 Å². The lowest BCUT2D eigenvalue weighted by Gasteiger charge is -2.20. The van der Waals surface area contributed by atoms with Gasteiger partial charge in [-0.25, -0.2) is 4.39 Å². The fourth-order valence-electron chi connectivity index (χ4n) is 3.36. The monoisotopic (exact) mass is 587 g/mol. The predicted molar refractivity (Wildman–Crippen MR) is 136 cm³/mol. The van der Waals surface area contributed by atoms with Crippen LogP contribution in [-0.4, -0.2) is 29.6 Å². The summed E-state index contributed by atoms with van der Waals surface area (Å²) in [4.78, 5) is 12.5. The molecule has 0 saturated heterocycles. The number of rotatable bonds is 9. The van der Waals surface area contributed by atoms with Gasteiger partial charge in [0.1, 0.15) is 11.7 Å². The zero-order chi connectivity index (χ0) is 28.1. The second-order valence-corrected chi connectivity index (χ2v) is 10.1. The average molecular weight is 588 g/mol. The van der Waals surface area contributed by atoms with Crippen molar-refractivity contribution in [1.82, 2.24) is 5.32 Å². The number of thioether (sulfide) groups is 1. The molecule has 0 aliphatic heterocycles. The number of carbonyl (C=O) groups is 1. The molecule has 2 rings (SSSR count). The van der Waals surface area contributed by atoms with Crippen LogP contribution in [0.2, 0.25) is 10.0 Å². The SMILES string of the molecule is C=Cc1c(Cl)cc([C@H](/C=C(\F)c2ccc(C(=O)N[C@H](C)CSCC)c(C(F)(F)F)c2)C(F)(F)F)cc1Cl. The molecular weight excluding hydrogens is 566 g/mol. The van der Waals surface area contributed by atoms with Crippen molar-refractivity contribution >= 4 is 52.8 Å². The lowest BCUT2D eigenvalue weighted by atomic mass is 9.94. The molecule has 0 aliphatic carbocycles. The van der Waals surface area contributed by atoms with Crippen molar-refractivity contribution in [3.05, 3.63) is 80.8 Å². The fourth-order valence-corrected chi connectivity index (χ4v) is 4.69. The van der Waals surface area contributed by atoms with Crippen LogP contribution in [0.5, 0.6) is 0 Å². The van der Waals surface area contributed by atoms with E-state index in [-0.39, 0.29) is 21.7 Å². The first kappa shape index (κ1) is 31.1. The average Bonchev–Trinajstić information content (AvgIpc) is 2.79. The van der Waals surface area contributed by atoms with E-state index in [1.807, 2.05) is 6.92 Å². The number of hydrogen-bond donors (Lipinski definition) is 1. The summed E-state index contributed by atoms with van der Waals surface area (Å²) in [7, 11) is 0. The summed E-state index contributed by atoms with van der Waals surface area (Å²) in [6.45, 7) is 6.95. The van der Waals surface area contributed by atoms with E-state index in [4.69, 9.17) is 23.2 Å². The smallest absolute Gasteiger partial charge is 0.349 e. The number of alkyl halides is 6. The van der Waals surface area contributed by atoms with Crippen LogP contribution in [0.3, 0.4) is 0 Å². The van der Waals surface area contributed by atoms with Gasteiger partial charge in [0.05, 0.1) is 11.1 Å². The molecule has 0 aromatic heterocycles. The molecule has 2 aromatic rings. The van der Waals surface area contributed by atoms with Crippen molar-refractivity contribution in [2.45, 2.75) is 38.2 Å². The van der Waals surface area contributed by atoms with Gasteiger partial charge < -0.3 is 5.32 Å². The van der Waals surface area contributed by atoms with Crippen LogP contribution in [0, 0.1) is 0 Å². The van der Waals surface area contributed by atoms with Gasteiger partial charge in [0, 0.05) is 33.0 Å². The minimum atomic E-state index is -5.07. The molecule has 12 heteroatoms. The third-order valence-electron chi connectivity index (χ3n) is 5.13. The minimum absolute atomic E-state index is 0.134. The van der Waals surface area contributed by atoms with Crippen molar-refractivity contribution in [2.24, 2.45) is 0 Å². The second-order valence-electron chi connectivity index (χ2n) is 7.93. The molecule has 0 unspecified atom stereocenters. The largest absolute Gasteiger partial charge is 0.417 e. The first-order chi connectivity index (χ1) is 17.1. The van der Waals surface area contributed by atoms with E-state index in [0.29, 0.717) is 11.8 Å². The topological polar surface area (TPSA) is 29.1 Å². The Morgan fingerprint density at radius 3 is 2.19 bits per heavy atom. The first-order valence-electron chi connectivity index (χ1n) is 10.8. The molecule has 37 heavy (non-hydrogen) atoms. The maximum atomic E-state index is 15.0. The summed E-state index contributed by atoms with van der Waals surface area (Å²) in [6.07, 6.45) is -8.74. The third-order valence-corrected chi connectivity index (χ3v) is 6.89. The quantitative estimate of drug-likeness (QED) is 0.296. The van der Waals surface area contributed by atoms with Gasteiger partial charge in [0.15, 0.2) is 0 Å². The molecule has 0 aliphatic rings. The van der Waals surface area contributed by atoms with Gasteiger partial charge in [-0.05, 0) is 48.6 Å². The van der Waals surface area contributed by atoms with Gasteiger partial charge in [-0.1, -0.05) is 48.8 Å². The molecule has 1 amide bonds. The van der Waals surface area contributed by atoms with Crippen LogP contribution in [-0.2, 0) is 6.18 Å². The number of carbonyl (C=O) groups excluding carboxylic acids is 1. The van der Waals surface area contributed by atoms with E-state index < -0.39 is 58.3 Å². The zero-order valence-electron chi connectivity index (χ0n) is 19.5. The summed E-state index contributed by atoms with van der Waals surface area (Å²) in [5.74, 6) is -3.99. The van der Waals surface area contributed by atoms with Crippen molar-refractivity contribution in [3.8, 4) is 0 Å². The van der Waals surface area contributed by atoms with Crippen LogP contribution < -0.4 is 5.32 Å². The van der Waals surface area contributed by atoms with Crippen molar-refractivity contribution < 1.29 is 35.5 Å². The fraction of sp³-hybridized carbons (Fsp3) is 0.320. The first-order valence-corrected chi connectivity index (χ1v) is 12.7. The molecular formula is C25H22Cl2F7NOS. The number of halogens is 9. The molecule has 2 atom stereocenters. The van der Waals surface area contributed by atoms with E-state index in [1.165, 1.54) is 17.8 Å². The number of amides is 1. The van der Waals surface area contributed by atoms with Crippen LogP contribution in [0.15, 0.2) is 43.0 Å². The van der Waals surface area contributed by atoms with E-state index >= 15 is 4.39 Å². The van der Waals surface area contributed by atoms with Crippen LogP contribution in [0.1, 0.15) is 52.4 Å². The minimum Gasteiger partial charge on any atom is -0.349 e. The van der Waals surface area contributed by atoms with Crippen LogP contribution >= 0.6 is 35.0 Å². The number of allylic oxidation sites excluding steroid dienone is 1. The number of nitrogens with one attached hydrogen (secondary N) is 1. The maximum absolute atomic E-state index is 15.0. The molecule has 0 radical (unpaired) electrons. The molecule has 2 nitrogen and oxygen atoms in total. The highest BCUT2D eigenvalue weighted by molar-refractivity contribution is 7.99. The Hall–Kier alpha value is -2.17. The number of hydrogen-bond acceptors (Lipinski definition) is 2. The molecule has 0 heterocycles. The second kappa shape index (κ2) is 12.6. The summed E-state index contributed by atoms with van der Waals surface area (Å²) >= 11 is 13.4. The summed E-state index contributed by atoms with van der Waals surface area (Å²) in [6, 6.07) is 3.26. The van der Waals surface area contributed by atoms with Crippen molar-refractivity contribution in [3.63, 3.8) is 0 Å². The Morgan fingerprint density at radius 1 is 1.11 bits per heavy atom. The zero-order valence-corrected chi connectivity index (χ0v) is 21.9. The van der Waals surface area contributed by atoms with E-state index in [0.717, 1.165) is 30.0 Å². The standard InChI is InChI=1S/C25H22Cl2F7NOS/c1-4-16-20(26)9-15(10-21(16)27)18(24(29,30)31)11-22(28)14-6-7-17(19(8-14)25(32,33)34)23(36)35-13(3)12-37-5-2/h4,6-11,13,18H,1,5,12H2,2-3H3,(H,35,36)/b22-11-/t13-,18+/m1/s1. The van der Waals surface area contributed by atoms with Crippen molar-refractivity contribution in [1.29, 1.82) is 0 Å². The van der Waals surface area contributed by atoms with Gasteiger partial charge in [-0.15, -0.1) is 0 Å². The van der Waals surface area contributed by atoms with Gasteiger partial charge in [-0.2, -0.15) is 38.1 Å². The van der Waals surface area contributed by atoms with Gasteiger partial charge >= 0.3 is 12.4 Å². The molecule has 0 spiro atoms. The van der Waals surface area contributed by atoms with E-state index in [9.17, 15) is 31.1 Å². The molecule has 1 N–H and O–H groups in total. The lowest BCUT2D eigenvalue weighted by molar-refractivity contribution is -0.140. The Balaban J connectivity index is 2.53. The molecule has 0 fully saturated rings. The summed E-state index contributed by atoms with van der Waals surface area (Å²) in [5.41, 5.74) is -3.39. The van der Waals surface area contributed by atoms with Gasteiger partial charge in [-0.3, -0.25) is 4.79 Å². The lowest BCUT2D eigenvalue weighted by Crippen LogP contribution is -2.35. The Labute approximate surface area is 223 Å². The summed E-state index contributed by atoms with van der Waals surface area (Å²) in [5, 5.41) is 2.11. The molecule has 2 aromatic carbocycles. The highest BCUT2D eigenvalue weighted by Crippen LogP contribution is 2.42. The van der Waals surface area contributed by atoms with Gasteiger partial charge in [0.25, 0.3) is 5.91 Å². The highest BCUT2D eigenvalue weighted by Gasteiger charge is 2.41. The molecule has 0 saturated carbocycles. The van der Waals surface area contributed by atoms with E-state index in [1.54, 1.807) is 6.92 Å². The highest BCUT2D eigenvalue weighted by atomic mass is 35.5. The predicted octanol–water partition coefficient (Wildman–Crippen LogP) is 9.18. The maximum Gasteiger partial charge on any atom is 0.417 e. The molecule has 202 valence electrons. The van der Waals surface area contributed by atoms with Crippen LogP contribution in [0.25, 0.3) is 11.9 Å². The van der Waals surface area contributed by atoms with Crippen LogP contribution in [0.4, 0.5) is 30.7 Å². The van der Waals surface area contributed by atoms with Crippen molar-refractivity contribution in [2.75, 3.05) is 11.5 Å². The Kier molecular flexibility index (Phi) is 10.6. The third kappa shape index (κ3) is 8.15. The number of benzene rings is 2. The molecule has 0 bridgehead atoms. The Morgan fingerprint density at radius 2 is 1.70 bits per heavy atom. The normalized spacial score (nSPS) is 14.3.